The Bertz CT molecular complexity index is 315. The summed E-state index contributed by atoms with van der Waals surface area (Å²) >= 11 is 0. The van der Waals surface area contributed by atoms with Crippen molar-refractivity contribution in [1.29, 1.82) is 0 Å². The first kappa shape index (κ1) is 8.87. The zero-order valence-electron chi connectivity index (χ0n) is 7.89. The molecule has 0 heteroatoms. The molecular weight excluding hydrogens is 144 g/mol. The van der Waals surface area contributed by atoms with E-state index in [0.29, 0.717) is 0 Å². The van der Waals surface area contributed by atoms with Gasteiger partial charge >= 0.3 is 0 Å². The number of aryl methyl sites for hydroxylation is 2. The molecule has 0 spiro atoms. The van der Waals surface area contributed by atoms with Crippen LogP contribution >= 0.6 is 0 Å². The topological polar surface area (TPSA) is 0 Å². The first-order valence-corrected chi connectivity index (χ1v) is 4.18. The second kappa shape index (κ2) is 3.45. The van der Waals surface area contributed by atoms with E-state index < -0.39 is 0 Å². The van der Waals surface area contributed by atoms with Crippen LogP contribution in [0.25, 0.3) is 0 Å². The molecule has 1 atom stereocenters. The molecule has 0 fully saturated rings. The van der Waals surface area contributed by atoms with E-state index in [2.05, 4.69) is 38.0 Å². The molecule has 0 amide bonds. The maximum atomic E-state index is 5.34. The highest BCUT2D eigenvalue weighted by Gasteiger charge is 2.01. The Balaban J connectivity index is 3.06. The van der Waals surface area contributed by atoms with Crippen molar-refractivity contribution >= 4 is 0 Å². The van der Waals surface area contributed by atoms with Gasteiger partial charge in [0.05, 0.1) is 0 Å². The van der Waals surface area contributed by atoms with E-state index in [-0.39, 0.29) is 5.92 Å². The molecule has 0 N–H and O–H groups in total. The standard InChI is InChI=1S/C12H14/c1-5-9(2)12-7-6-10(3)11(4)8-12/h1,6-9H,2-4H3. The summed E-state index contributed by atoms with van der Waals surface area (Å²) in [5.74, 6) is 2.95. The molecule has 0 aromatic heterocycles. The largest absolute Gasteiger partial charge is 0.119 e. The molecule has 1 aromatic rings. The summed E-state index contributed by atoms with van der Waals surface area (Å²) in [7, 11) is 0. The molecule has 0 saturated carbocycles. The monoisotopic (exact) mass is 158 g/mol. The van der Waals surface area contributed by atoms with Crippen LogP contribution < -0.4 is 0 Å². The molecule has 0 saturated heterocycles. The Morgan fingerprint density at radius 3 is 2.42 bits per heavy atom. The zero-order valence-corrected chi connectivity index (χ0v) is 7.89. The average Bonchev–Trinajstić information content (AvgIpc) is 2.08. The van der Waals surface area contributed by atoms with Gasteiger partial charge in [0, 0.05) is 5.92 Å². The molecular formula is C12H14. The fraction of sp³-hybridized carbons (Fsp3) is 0.333. The number of terminal acetylenes is 1. The number of benzene rings is 1. The van der Waals surface area contributed by atoms with E-state index >= 15 is 0 Å². The Hall–Kier alpha value is -1.22. The Morgan fingerprint density at radius 2 is 1.92 bits per heavy atom. The predicted molar refractivity (Wildman–Crippen MR) is 53.2 cm³/mol. The van der Waals surface area contributed by atoms with Crippen molar-refractivity contribution in [3.8, 4) is 12.3 Å². The summed E-state index contributed by atoms with van der Waals surface area (Å²) in [6.07, 6.45) is 5.34. The van der Waals surface area contributed by atoms with Gasteiger partial charge in [-0.15, -0.1) is 6.42 Å². The smallest absolute Gasteiger partial charge is 0.0421 e. The van der Waals surface area contributed by atoms with Crippen molar-refractivity contribution in [3.63, 3.8) is 0 Å². The van der Waals surface area contributed by atoms with E-state index in [9.17, 15) is 0 Å². The van der Waals surface area contributed by atoms with Crippen LogP contribution in [0.4, 0.5) is 0 Å². The summed E-state index contributed by atoms with van der Waals surface area (Å²) in [6, 6.07) is 6.39. The van der Waals surface area contributed by atoms with E-state index in [4.69, 9.17) is 6.42 Å². The van der Waals surface area contributed by atoms with E-state index in [1.807, 2.05) is 6.92 Å². The highest BCUT2D eigenvalue weighted by molar-refractivity contribution is 5.34. The van der Waals surface area contributed by atoms with Gasteiger partial charge in [0.15, 0.2) is 0 Å². The quantitative estimate of drug-likeness (QED) is 0.551. The summed E-state index contributed by atoms with van der Waals surface area (Å²) in [4.78, 5) is 0. The predicted octanol–water partition coefficient (Wildman–Crippen LogP) is 3.04. The van der Waals surface area contributed by atoms with Crippen molar-refractivity contribution in [2.75, 3.05) is 0 Å². The van der Waals surface area contributed by atoms with E-state index in [1.165, 1.54) is 16.7 Å². The summed E-state index contributed by atoms with van der Waals surface area (Å²) in [5.41, 5.74) is 3.87. The molecule has 0 aliphatic carbocycles. The molecule has 0 aliphatic heterocycles. The Labute approximate surface area is 74.6 Å². The minimum Gasteiger partial charge on any atom is -0.119 e. The van der Waals surface area contributed by atoms with Crippen molar-refractivity contribution in [2.45, 2.75) is 26.7 Å². The molecule has 12 heavy (non-hydrogen) atoms. The van der Waals surface area contributed by atoms with Gasteiger partial charge < -0.3 is 0 Å². The highest BCUT2D eigenvalue weighted by Crippen LogP contribution is 2.17. The van der Waals surface area contributed by atoms with Crippen LogP contribution in [0.5, 0.6) is 0 Å². The zero-order chi connectivity index (χ0) is 9.14. The van der Waals surface area contributed by atoms with Crippen molar-refractivity contribution in [1.82, 2.24) is 0 Å². The molecule has 0 radical (unpaired) electrons. The van der Waals surface area contributed by atoms with E-state index in [1.54, 1.807) is 0 Å². The lowest BCUT2D eigenvalue weighted by atomic mass is 9.98. The van der Waals surface area contributed by atoms with Crippen LogP contribution in [0, 0.1) is 26.2 Å². The lowest BCUT2D eigenvalue weighted by Crippen LogP contribution is -1.91. The molecule has 1 unspecified atom stereocenters. The van der Waals surface area contributed by atoms with Gasteiger partial charge in [0.2, 0.25) is 0 Å². The molecule has 1 rings (SSSR count). The van der Waals surface area contributed by atoms with Crippen molar-refractivity contribution in [2.24, 2.45) is 0 Å². The molecule has 62 valence electrons. The van der Waals surface area contributed by atoms with Gasteiger partial charge in [-0.1, -0.05) is 24.1 Å². The first-order chi connectivity index (χ1) is 5.65. The van der Waals surface area contributed by atoms with Crippen molar-refractivity contribution < 1.29 is 0 Å². The lowest BCUT2D eigenvalue weighted by molar-refractivity contribution is 0.999. The third kappa shape index (κ3) is 1.68. The second-order valence-corrected chi connectivity index (χ2v) is 3.23. The summed E-state index contributed by atoms with van der Waals surface area (Å²) < 4.78 is 0. The SMILES string of the molecule is C#CC(C)c1ccc(C)c(C)c1. The van der Waals surface area contributed by atoms with Gasteiger partial charge in [-0.3, -0.25) is 0 Å². The molecule has 0 nitrogen and oxygen atoms in total. The van der Waals surface area contributed by atoms with Gasteiger partial charge in [-0.25, -0.2) is 0 Å². The number of rotatable bonds is 1. The van der Waals surface area contributed by atoms with Crippen LogP contribution in [0.15, 0.2) is 18.2 Å². The van der Waals surface area contributed by atoms with Gasteiger partial charge in [0.25, 0.3) is 0 Å². The Morgan fingerprint density at radius 1 is 1.25 bits per heavy atom. The minimum absolute atomic E-state index is 0.226. The fourth-order valence-corrected chi connectivity index (χ4v) is 1.13. The van der Waals surface area contributed by atoms with Gasteiger partial charge in [-0.2, -0.15) is 0 Å². The fourth-order valence-electron chi connectivity index (χ4n) is 1.13. The maximum Gasteiger partial charge on any atom is 0.0421 e. The third-order valence-corrected chi connectivity index (χ3v) is 2.28. The molecule has 0 bridgehead atoms. The number of hydrogen-bond acceptors (Lipinski definition) is 0. The van der Waals surface area contributed by atoms with Crippen LogP contribution in [-0.2, 0) is 0 Å². The lowest BCUT2D eigenvalue weighted by Gasteiger charge is -2.06. The van der Waals surface area contributed by atoms with Crippen LogP contribution in [0.3, 0.4) is 0 Å². The van der Waals surface area contributed by atoms with E-state index in [0.717, 1.165) is 0 Å². The van der Waals surface area contributed by atoms with Crippen molar-refractivity contribution in [3.05, 3.63) is 34.9 Å². The van der Waals surface area contributed by atoms with Crippen LogP contribution in [0.2, 0.25) is 0 Å². The van der Waals surface area contributed by atoms with Gasteiger partial charge in [-0.05, 0) is 37.5 Å². The Kier molecular flexibility index (Phi) is 2.55. The normalized spacial score (nSPS) is 12.2. The van der Waals surface area contributed by atoms with Crippen LogP contribution in [0.1, 0.15) is 29.5 Å². The average molecular weight is 158 g/mol. The number of hydrogen-bond donors (Lipinski definition) is 0. The third-order valence-electron chi connectivity index (χ3n) is 2.28. The molecule has 1 aromatic carbocycles. The maximum absolute atomic E-state index is 5.34. The molecule has 0 aliphatic rings. The van der Waals surface area contributed by atoms with Gasteiger partial charge in [0.1, 0.15) is 0 Å². The highest BCUT2D eigenvalue weighted by atomic mass is 14.1. The summed E-state index contributed by atoms with van der Waals surface area (Å²) in [6.45, 7) is 6.27. The first-order valence-electron chi connectivity index (χ1n) is 4.18. The van der Waals surface area contributed by atoms with Crippen LogP contribution in [-0.4, -0.2) is 0 Å². The second-order valence-electron chi connectivity index (χ2n) is 3.23. The molecule has 0 heterocycles. The minimum atomic E-state index is 0.226. The summed E-state index contributed by atoms with van der Waals surface area (Å²) in [5, 5.41) is 0.